The van der Waals surface area contributed by atoms with Gasteiger partial charge >= 0.3 is 0 Å². The summed E-state index contributed by atoms with van der Waals surface area (Å²) in [6.45, 7) is 5.06. The summed E-state index contributed by atoms with van der Waals surface area (Å²) in [5, 5.41) is 1.58. The fraction of sp³-hybridized carbons (Fsp3) is 0.350. The molecule has 146 valence electrons. The van der Waals surface area contributed by atoms with Crippen molar-refractivity contribution in [2.45, 2.75) is 6.42 Å². The molecule has 4 rings (SSSR count). The number of piperazine rings is 1. The van der Waals surface area contributed by atoms with Crippen LogP contribution in [0, 0.1) is 0 Å². The second kappa shape index (κ2) is 8.86. The Bertz CT molecular complexity index is 892. The SMILES string of the molecule is COc1ccc(CCN2CCN(c3nc(-c4ccc(Cl)cn4)ns3)CC2)cc1. The first kappa shape index (κ1) is 19.1. The number of nitrogens with zero attached hydrogens (tertiary/aromatic N) is 5. The molecule has 2 aromatic heterocycles. The molecule has 0 spiro atoms. The Morgan fingerprint density at radius 3 is 2.54 bits per heavy atom. The fourth-order valence-electron chi connectivity index (χ4n) is 3.20. The molecule has 0 N–H and O–H groups in total. The topological polar surface area (TPSA) is 54.4 Å². The Balaban J connectivity index is 1.28. The minimum atomic E-state index is 0.616. The lowest BCUT2D eigenvalue weighted by Gasteiger charge is -2.34. The zero-order valence-corrected chi connectivity index (χ0v) is 17.3. The third kappa shape index (κ3) is 4.60. The molecule has 0 unspecified atom stereocenters. The molecule has 1 aliphatic rings. The van der Waals surface area contributed by atoms with Crippen molar-refractivity contribution in [2.75, 3.05) is 44.7 Å². The van der Waals surface area contributed by atoms with Crippen LogP contribution in [0.1, 0.15) is 5.56 Å². The summed E-state index contributed by atoms with van der Waals surface area (Å²) in [5.41, 5.74) is 2.09. The summed E-state index contributed by atoms with van der Waals surface area (Å²) in [6.07, 6.45) is 2.67. The van der Waals surface area contributed by atoms with Gasteiger partial charge in [-0.2, -0.15) is 9.36 Å². The van der Waals surface area contributed by atoms with E-state index in [4.69, 9.17) is 16.3 Å². The highest BCUT2D eigenvalue weighted by atomic mass is 35.5. The molecule has 0 bridgehead atoms. The Morgan fingerprint density at radius 2 is 1.86 bits per heavy atom. The molecule has 0 radical (unpaired) electrons. The molecule has 6 nitrogen and oxygen atoms in total. The maximum absolute atomic E-state index is 5.90. The van der Waals surface area contributed by atoms with Gasteiger partial charge in [-0.25, -0.2) is 0 Å². The lowest BCUT2D eigenvalue weighted by Crippen LogP contribution is -2.47. The molecular weight excluding hydrogens is 394 g/mol. The van der Waals surface area contributed by atoms with Gasteiger partial charge in [0.1, 0.15) is 11.4 Å². The number of halogens is 1. The van der Waals surface area contributed by atoms with Crippen LogP contribution in [0.15, 0.2) is 42.6 Å². The fourth-order valence-corrected chi connectivity index (χ4v) is 4.04. The van der Waals surface area contributed by atoms with Crippen LogP contribution in [0.4, 0.5) is 5.13 Å². The largest absolute Gasteiger partial charge is 0.497 e. The molecule has 8 heteroatoms. The van der Waals surface area contributed by atoms with Gasteiger partial charge in [0.2, 0.25) is 5.13 Å². The lowest BCUT2D eigenvalue weighted by molar-refractivity contribution is 0.261. The minimum absolute atomic E-state index is 0.616. The summed E-state index contributed by atoms with van der Waals surface area (Å²) in [5.74, 6) is 1.57. The summed E-state index contributed by atoms with van der Waals surface area (Å²) in [7, 11) is 1.70. The molecule has 1 aliphatic heterocycles. The van der Waals surface area contributed by atoms with E-state index in [2.05, 4.69) is 36.3 Å². The molecule has 0 aliphatic carbocycles. The highest BCUT2D eigenvalue weighted by Crippen LogP contribution is 2.24. The van der Waals surface area contributed by atoms with E-state index in [1.807, 2.05) is 24.3 Å². The maximum Gasteiger partial charge on any atom is 0.205 e. The van der Waals surface area contributed by atoms with E-state index in [1.165, 1.54) is 17.1 Å². The Morgan fingerprint density at radius 1 is 1.07 bits per heavy atom. The molecule has 3 heterocycles. The van der Waals surface area contributed by atoms with E-state index >= 15 is 0 Å². The third-order valence-corrected chi connectivity index (χ3v) is 5.89. The number of anilines is 1. The third-order valence-electron chi connectivity index (χ3n) is 4.89. The van der Waals surface area contributed by atoms with Gasteiger partial charge in [-0.15, -0.1) is 0 Å². The lowest BCUT2D eigenvalue weighted by atomic mass is 10.1. The van der Waals surface area contributed by atoms with Crippen LogP contribution < -0.4 is 9.64 Å². The average Bonchev–Trinajstić information content (AvgIpc) is 3.24. The first-order valence-electron chi connectivity index (χ1n) is 9.27. The number of hydrogen-bond acceptors (Lipinski definition) is 7. The van der Waals surface area contributed by atoms with E-state index < -0.39 is 0 Å². The van der Waals surface area contributed by atoms with Gasteiger partial charge in [0.15, 0.2) is 5.82 Å². The Hall–Kier alpha value is -2.22. The van der Waals surface area contributed by atoms with Crippen molar-refractivity contribution in [2.24, 2.45) is 0 Å². The number of methoxy groups -OCH3 is 1. The van der Waals surface area contributed by atoms with Gasteiger partial charge in [0.25, 0.3) is 0 Å². The normalized spacial score (nSPS) is 15.0. The number of rotatable bonds is 6. The van der Waals surface area contributed by atoms with Gasteiger partial charge in [0.05, 0.1) is 12.1 Å². The standard InChI is InChI=1S/C20H22ClN5OS/c1-27-17-5-2-15(3-6-17)8-9-25-10-12-26(13-11-25)20-23-19(24-28-20)18-7-4-16(21)14-22-18/h2-7,14H,8-13H2,1H3. The van der Waals surface area contributed by atoms with Crippen LogP contribution in [-0.4, -0.2) is 59.1 Å². The van der Waals surface area contributed by atoms with Gasteiger partial charge in [-0.05, 0) is 36.2 Å². The summed E-state index contributed by atoms with van der Waals surface area (Å²) in [6, 6.07) is 12.0. The van der Waals surface area contributed by atoms with Crippen molar-refractivity contribution in [3.05, 3.63) is 53.2 Å². The zero-order chi connectivity index (χ0) is 19.3. The van der Waals surface area contributed by atoms with Crippen LogP contribution in [0.2, 0.25) is 5.02 Å². The van der Waals surface area contributed by atoms with Gasteiger partial charge in [0, 0.05) is 50.5 Å². The Kier molecular flexibility index (Phi) is 6.04. The predicted molar refractivity (Wildman–Crippen MR) is 114 cm³/mol. The van der Waals surface area contributed by atoms with E-state index in [-0.39, 0.29) is 0 Å². The zero-order valence-electron chi connectivity index (χ0n) is 15.7. The highest BCUT2D eigenvalue weighted by Gasteiger charge is 2.20. The van der Waals surface area contributed by atoms with Crippen LogP contribution in [0.3, 0.4) is 0 Å². The summed E-state index contributed by atoms with van der Waals surface area (Å²) < 4.78 is 9.68. The van der Waals surface area contributed by atoms with Crippen molar-refractivity contribution in [1.82, 2.24) is 19.2 Å². The monoisotopic (exact) mass is 415 g/mol. The number of ether oxygens (including phenoxy) is 1. The molecule has 0 amide bonds. The van der Waals surface area contributed by atoms with Crippen LogP contribution in [0.5, 0.6) is 5.75 Å². The molecule has 1 aromatic carbocycles. The number of aromatic nitrogens is 3. The summed E-state index contributed by atoms with van der Waals surface area (Å²) in [4.78, 5) is 13.8. The second-order valence-corrected chi connectivity index (χ2v) is 7.86. The maximum atomic E-state index is 5.90. The molecule has 1 saturated heterocycles. The number of benzene rings is 1. The summed E-state index contributed by atoms with van der Waals surface area (Å²) >= 11 is 7.33. The van der Waals surface area contributed by atoms with Gasteiger partial charge < -0.3 is 9.64 Å². The van der Waals surface area contributed by atoms with Crippen molar-refractivity contribution >= 4 is 28.3 Å². The second-order valence-electron chi connectivity index (χ2n) is 6.69. The van der Waals surface area contributed by atoms with Crippen molar-refractivity contribution in [1.29, 1.82) is 0 Å². The molecule has 3 aromatic rings. The van der Waals surface area contributed by atoms with Gasteiger partial charge in [-0.3, -0.25) is 9.88 Å². The van der Waals surface area contributed by atoms with Gasteiger partial charge in [-0.1, -0.05) is 23.7 Å². The van der Waals surface area contributed by atoms with E-state index in [9.17, 15) is 0 Å². The first-order valence-corrected chi connectivity index (χ1v) is 10.4. The average molecular weight is 416 g/mol. The molecule has 0 saturated carbocycles. The smallest absolute Gasteiger partial charge is 0.205 e. The van der Waals surface area contributed by atoms with Crippen LogP contribution in [-0.2, 0) is 6.42 Å². The van der Waals surface area contributed by atoms with Crippen molar-refractivity contribution < 1.29 is 4.74 Å². The van der Waals surface area contributed by atoms with E-state index in [0.717, 1.165) is 55.7 Å². The highest BCUT2D eigenvalue weighted by molar-refractivity contribution is 7.09. The van der Waals surface area contributed by atoms with E-state index in [0.29, 0.717) is 10.8 Å². The van der Waals surface area contributed by atoms with Crippen LogP contribution >= 0.6 is 23.1 Å². The number of pyridine rings is 1. The quantitative estimate of drug-likeness (QED) is 0.612. The van der Waals surface area contributed by atoms with Crippen molar-refractivity contribution in [3.8, 4) is 17.3 Å². The molecule has 1 fully saturated rings. The molecular formula is C20H22ClN5OS. The predicted octanol–water partition coefficient (Wildman–Crippen LogP) is 3.63. The van der Waals surface area contributed by atoms with Crippen molar-refractivity contribution in [3.63, 3.8) is 0 Å². The minimum Gasteiger partial charge on any atom is -0.497 e. The van der Waals surface area contributed by atoms with Crippen LogP contribution in [0.25, 0.3) is 11.5 Å². The molecule has 28 heavy (non-hydrogen) atoms. The number of hydrogen-bond donors (Lipinski definition) is 0. The molecule has 0 atom stereocenters. The first-order chi connectivity index (χ1) is 13.7. The van der Waals surface area contributed by atoms with E-state index in [1.54, 1.807) is 13.3 Å². The Labute approximate surface area is 173 Å².